The molecule has 10 heteroatoms. The molecule has 1 aliphatic heterocycles. The number of nitrogens with two attached hydrogens (primary N) is 2. The number of rotatable bonds is 5. The van der Waals surface area contributed by atoms with Gasteiger partial charge in [0.2, 0.25) is 0 Å². The van der Waals surface area contributed by atoms with Crippen molar-refractivity contribution in [2.45, 2.75) is 32.4 Å². The van der Waals surface area contributed by atoms with Gasteiger partial charge in [-0.15, -0.1) is 0 Å². The first-order chi connectivity index (χ1) is 13.1. The van der Waals surface area contributed by atoms with Gasteiger partial charge >= 0.3 is 0 Å². The second-order valence-electron chi connectivity index (χ2n) is 7.16. The Labute approximate surface area is 165 Å². The molecule has 2 atom stereocenters. The van der Waals surface area contributed by atoms with Gasteiger partial charge in [0.15, 0.2) is 5.69 Å². The van der Waals surface area contributed by atoms with E-state index in [9.17, 15) is 13.9 Å². The first-order valence-corrected chi connectivity index (χ1v) is 10.8. The lowest BCUT2D eigenvalue weighted by Gasteiger charge is -2.43. The molecule has 0 saturated carbocycles. The van der Waals surface area contributed by atoms with Crippen molar-refractivity contribution in [2.75, 3.05) is 22.1 Å². The number of amides is 1. The Bertz CT molecular complexity index is 871. The second kappa shape index (κ2) is 7.92. The Hall–Kier alpha value is -2.40. The smallest absolute Gasteiger partial charge is 0.269 e. The van der Waals surface area contributed by atoms with Crippen LogP contribution < -0.4 is 22.1 Å². The van der Waals surface area contributed by atoms with E-state index in [2.05, 4.69) is 20.6 Å². The number of carbonyl (C=O) groups is 1. The maximum Gasteiger partial charge on any atom is 0.269 e. The maximum atomic E-state index is 11.8. The number of aromatic nitrogens is 2. The number of carbonyl (C=O) groups excluding carboxylic acids is 1. The van der Waals surface area contributed by atoms with E-state index >= 15 is 0 Å². The molecule has 0 aliphatic carbocycles. The highest BCUT2D eigenvalue weighted by atomic mass is 32.3. The van der Waals surface area contributed by atoms with Crippen LogP contribution in [-0.4, -0.2) is 48.6 Å². The van der Waals surface area contributed by atoms with Gasteiger partial charge in [0.05, 0.1) is 29.4 Å². The molecule has 0 unspecified atom stereocenters. The van der Waals surface area contributed by atoms with Gasteiger partial charge in [-0.25, -0.2) is 9.97 Å². The van der Waals surface area contributed by atoms with Crippen molar-refractivity contribution in [2.24, 2.45) is 11.5 Å². The fourth-order valence-corrected chi connectivity index (χ4v) is 4.98. The van der Waals surface area contributed by atoms with Crippen molar-refractivity contribution in [3.63, 3.8) is 0 Å². The minimum atomic E-state index is -2.64. The lowest BCUT2D eigenvalue weighted by atomic mass is 10.1. The van der Waals surface area contributed by atoms with Crippen LogP contribution in [0.25, 0.3) is 0 Å². The average Bonchev–Trinajstić information content (AvgIpc) is 2.57. The molecule has 9 nitrogen and oxygen atoms in total. The number of anilines is 3. The van der Waals surface area contributed by atoms with E-state index in [0.717, 1.165) is 11.3 Å². The molecule has 3 rings (SSSR count). The molecule has 0 aromatic carbocycles. The van der Waals surface area contributed by atoms with Crippen molar-refractivity contribution >= 4 is 33.7 Å². The van der Waals surface area contributed by atoms with Crippen molar-refractivity contribution in [1.29, 1.82) is 0 Å². The van der Waals surface area contributed by atoms with Crippen molar-refractivity contribution in [1.82, 2.24) is 9.97 Å². The lowest BCUT2D eigenvalue weighted by molar-refractivity contribution is 0.0996. The quantitative estimate of drug-likeness (QED) is 0.441. The Kier molecular flexibility index (Phi) is 5.75. The fraction of sp³-hybridized carbons (Fsp3) is 0.389. The third-order valence-electron chi connectivity index (χ3n) is 4.58. The number of hydrogen-bond acceptors (Lipinski definition) is 8. The van der Waals surface area contributed by atoms with Crippen LogP contribution in [0.4, 0.5) is 17.2 Å². The molecule has 0 spiro atoms. The summed E-state index contributed by atoms with van der Waals surface area (Å²) in [4.78, 5) is 20.4. The van der Waals surface area contributed by atoms with Gasteiger partial charge in [-0.3, -0.25) is 13.9 Å². The molecular formula is C18H26N6O3S. The number of nitrogens with zero attached hydrogens (tertiary/aromatic N) is 2. The Balaban J connectivity index is 1.88. The molecule has 2 aromatic rings. The molecule has 2 aromatic heterocycles. The number of hydrogen-bond donors (Lipinski definition) is 6. The van der Waals surface area contributed by atoms with Crippen LogP contribution in [-0.2, 0) is 0 Å². The van der Waals surface area contributed by atoms with Crippen LogP contribution >= 0.6 is 10.6 Å². The maximum absolute atomic E-state index is 11.8. The highest BCUT2D eigenvalue weighted by Gasteiger charge is 2.31. The number of nitrogens with one attached hydrogen (secondary N) is 2. The highest BCUT2D eigenvalue weighted by Crippen LogP contribution is 2.44. The molecule has 3 heterocycles. The van der Waals surface area contributed by atoms with Crippen LogP contribution in [0.3, 0.4) is 0 Å². The zero-order chi connectivity index (χ0) is 20.5. The normalized spacial score (nSPS) is 22.3. The molecular weight excluding hydrogens is 380 g/mol. The summed E-state index contributed by atoms with van der Waals surface area (Å²) in [6.07, 6.45) is 2.00. The number of pyridine rings is 2. The first-order valence-electron chi connectivity index (χ1n) is 8.91. The topological polar surface area (TPSA) is 159 Å². The van der Waals surface area contributed by atoms with Crippen LogP contribution in [0, 0.1) is 13.8 Å². The SMILES string of the molecule is Cc1cc(C)nc(Nc2cc(N[C@H]3CS(O)(O)CC[C@H]3N)cnc2C(N)=O)c1. The molecule has 152 valence electrons. The Morgan fingerprint density at radius 1 is 1.29 bits per heavy atom. The molecule has 28 heavy (non-hydrogen) atoms. The molecule has 0 radical (unpaired) electrons. The lowest BCUT2D eigenvalue weighted by Crippen LogP contribution is -2.48. The van der Waals surface area contributed by atoms with Crippen LogP contribution in [0.1, 0.15) is 28.2 Å². The third-order valence-corrected chi connectivity index (χ3v) is 6.36. The Morgan fingerprint density at radius 3 is 2.71 bits per heavy atom. The predicted molar refractivity (Wildman–Crippen MR) is 112 cm³/mol. The van der Waals surface area contributed by atoms with Gasteiger partial charge in [-0.05, 0) is 44.0 Å². The van der Waals surface area contributed by atoms with Crippen LogP contribution in [0.2, 0.25) is 0 Å². The van der Waals surface area contributed by atoms with E-state index in [1.807, 2.05) is 26.0 Å². The highest BCUT2D eigenvalue weighted by molar-refractivity contribution is 8.24. The van der Waals surface area contributed by atoms with Gasteiger partial charge in [0.1, 0.15) is 5.82 Å². The minimum absolute atomic E-state index is 0.0868. The molecule has 1 fully saturated rings. The van der Waals surface area contributed by atoms with E-state index < -0.39 is 16.5 Å². The summed E-state index contributed by atoms with van der Waals surface area (Å²) >= 11 is 0. The summed E-state index contributed by atoms with van der Waals surface area (Å²) in [7, 11) is -2.64. The average molecular weight is 407 g/mol. The van der Waals surface area contributed by atoms with Gasteiger partial charge < -0.3 is 22.1 Å². The van der Waals surface area contributed by atoms with Crippen molar-refractivity contribution in [3.8, 4) is 0 Å². The summed E-state index contributed by atoms with van der Waals surface area (Å²) in [5, 5.41) is 6.30. The fourth-order valence-electron chi connectivity index (χ4n) is 3.26. The second-order valence-corrected chi connectivity index (χ2v) is 9.50. The van der Waals surface area contributed by atoms with E-state index in [4.69, 9.17) is 11.5 Å². The zero-order valence-electron chi connectivity index (χ0n) is 15.8. The van der Waals surface area contributed by atoms with Crippen LogP contribution in [0.15, 0.2) is 24.4 Å². The largest absolute Gasteiger partial charge is 0.378 e. The zero-order valence-corrected chi connectivity index (χ0v) is 16.7. The third kappa shape index (κ3) is 4.90. The van der Waals surface area contributed by atoms with Gasteiger partial charge in [0.25, 0.3) is 5.91 Å². The number of aryl methyl sites for hydroxylation is 2. The predicted octanol–water partition coefficient (Wildman–Crippen LogP) is 2.20. The summed E-state index contributed by atoms with van der Waals surface area (Å²) in [5.74, 6) is 0.397. The van der Waals surface area contributed by atoms with Gasteiger partial charge in [-0.2, -0.15) is 10.6 Å². The summed E-state index contributed by atoms with van der Waals surface area (Å²) < 4.78 is 20.0. The van der Waals surface area contributed by atoms with E-state index in [0.29, 0.717) is 29.4 Å². The van der Waals surface area contributed by atoms with Gasteiger partial charge in [0, 0.05) is 17.5 Å². The molecule has 0 bridgehead atoms. The summed E-state index contributed by atoms with van der Waals surface area (Å²) in [5.41, 5.74) is 14.5. The van der Waals surface area contributed by atoms with Crippen molar-refractivity contribution < 1.29 is 13.9 Å². The van der Waals surface area contributed by atoms with E-state index in [1.165, 1.54) is 6.20 Å². The van der Waals surface area contributed by atoms with Crippen molar-refractivity contribution in [3.05, 3.63) is 41.3 Å². The molecule has 1 aliphatic rings. The Morgan fingerprint density at radius 2 is 2.04 bits per heavy atom. The van der Waals surface area contributed by atoms with Crippen LogP contribution in [0.5, 0.6) is 0 Å². The summed E-state index contributed by atoms with van der Waals surface area (Å²) in [6.45, 7) is 3.83. The standard InChI is InChI=1S/C18H26N6O3S/c1-10-5-11(2)22-16(6-10)24-14-7-12(8-21-17(14)18(20)25)23-15-9-28(26,27)4-3-13(15)19/h5-8,13,15,23,26-27H,3-4,9,19H2,1-2H3,(H2,20,25)(H,22,24)/t13-,15+/m1/s1. The first kappa shape index (κ1) is 20.3. The molecule has 8 N–H and O–H groups in total. The molecule has 1 saturated heterocycles. The van der Waals surface area contributed by atoms with E-state index in [-0.39, 0.29) is 23.5 Å². The number of primary amides is 1. The molecule has 1 amide bonds. The van der Waals surface area contributed by atoms with Gasteiger partial charge in [-0.1, -0.05) is 0 Å². The van der Waals surface area contributed by atoms with E-state index in [1.54, 1.807) is 6.07 Å². The summed E-state index contributed by atoms with van der Waals surface area (Å²) in [6, 6.07) is 4.96. The monoisotopic (exact) mass is 406 g/mol. The minimum Gasteiger partial charge on any atom is -0.378 e.